The molecule has 7 nitrogen and oxygen atoms in total. The van der Waals surface area contributed by atoms with E-state index in [9.17, 15) is 9.90 Å². The van der Waals surface area contributed by atoms with Crippen LogP contribution in [0.4, 0.5) is 5.69 Å². The number of hydrogen-bond donors (Lipinski definition) is 4. The van der Waals surface area contributed by atoms with E-state index in [4.69, 9.17) is 21.4 Å². The van der Waals surface area contributed by atoms with Gasteiger partial charge in [-0.2, -0.15) is 0 Å². The first-order valence-electron chi connectivity index (χ1n) is 9.61. The van der Waals surface area contributed by atoms with Crippen molar-refractivity contribution in [2.45, 2.75) is 6.10 Å². The van der Waals surface area contributed by atoms with Crippen molar-refractivity contribution in [1.82, 2.24) is 9.97 Å². The number of rotatable bonds is 7. The molecule has 0 saturated carbocycles. The summed E-state index contributed by atoms with van der Waals surface area (Å²) in [5.74, 6) is 0.768. The van der Waals surface area contributed by atoms with Crippen LogP contribution in [0.5, 0.6) is 5.75 Å². The van der Waals surface area contributed by atoms with Crippen LogP contribution in [-0.4, -0.2) is 45.4 Å². The molecule has 0 unspecified atom stereocenters. The number of aromatic nitrogens is 2. The number of amides is 1. The first-order chi connectivity index (χ1) is 15.0. The fourth-order valence-electron chi connectivity index (χ4n) is 3.10. The monoisotopic (exact) mass is 437 g/mol. The quantitative estimate of drug-likeness (QED) is 0.351. The molecule has 4 N–H and O–H groups in total. The van der Waals surface area contributed by atoms with E-state index in [0.29, 0.717) is 33.4 Å². The fourth-order valence-corrected chi connectivity index (χ4v) is 3.29. The van der Waals surface area contributed by atoms with Crippen molar-refractivity contribution >= 4 is 34.2 Å². The van der Waals surface area contributed by atoms with Gasteiger partial charge in [-0.05, 0) is 36.4 Å². The van der Waals surface area contributed by atoms with Gasteiger partial charge in [0.1, 0.15) is 29.8 Å². The highest BCUT2D eigenvalue weighted by Crippen LogP contribution is 2.26. The molecule has 3 aromatic carbocycles. The third kappa shape index (κ3) is 4.86. The van der Waals surface area contributed by atoms with Gasteiger partial charge in [0.15, 0.2) is 0 Å². The number of ether oxygens (including phenoxy) is 1. The van der Waals surface area contributed by atoms with E-state index in [1.165, 1.54) is 0 Å². The lowest BCUT2D eigenvalue weighted by Gasteiger charge is -2.11. The van der Waals surface area contributed by atoms with Crippen molar-refractivity contribution in [1.29, 1.82) is 0 Å². The van der Waals surface area contributed by atoms with Crippen LogP contribution in [0.15, 0.2) is 66.7 Å². The average Bonchev–Trinajstić information content (AvgIpc) is 3.22. The second-order valence-electron chi connectivity index (χ2n) is 6.93. The maximum atomic E-state index is 13.0. The highest BCUT2D eigenvalue weighted by atomic mass is 35.5. The minimum Gasteiger partial charge on any atom is -0.491 e. The molecule has 158 valence electrons. The Morgan fingerprint density at radius 1 is 1.13 bits per heavy atom. The molecule has 0 bridgehead atoms. The van der Waals surface area contributed by atoms with Gasteiger partial charge in [-0.25, -0.2) is 4.98 Å². The van der Waals surface area contributed by atoms with E-state index >= 15 is 0 Å². The number of carbonyl (C=O) groups excluding carboxylic acids is 1. The van der Waals surface area contributed by atoms with Crippen molar-refractivity contribution in [2.24, 2.45) is 0 Å². The molecule has 0 spiro atoms. The summed E-state index contributed by atoms with van der Waals surface area (Å²) in [6.45, 7) is -0.436. The molecule has 0 aliphatic heterocycles. The van der Waals surface area contributed by atoms with Crippen molar-refractivity contribution in [2.75, 3.05) is 18.5 Å². The normalized spacial score (nSPS) is 12.0. The summed E-state index contributed by atoms with van der Waals surface area (Å²) in [6, 6.07) is 19.5. The summed E-state index contributed by atoms with van der Waals surface area (Å²) in [4.78, 5) is 20.8. The van der Waals surface area contributed by atoms with Gasteiger partial charge in [-0.1, -0.05) is 35.9 Å². The summed E-state index contributed by atoms with van der Waals surface area (Å²) in [7, 11) is 0. The lowest BCUT2D eigenvalue weighted by Crippen LogP contribution is -2.21. The number of carbonyl (C=O) groups is 1. The fraction of sp³-hybridized carbons (Fsp3) is 0.130. The van der Waals surface area contributed by atoms with E-state index in [0.717, 1.165) is 11.1 Å². The highest BCUT2D eigenvalue weighted by Gasteiger charge is 2.15. The predicted octanol–water partition coefficient (Wildman–Crippen LogP) is 3.87. The zero-order valence-corrected chi connectivity index (χ0v) is 17.1. The Balaban J connectivity index is 1.57. The Morgan fingerprint density at radius 3 is 2.74 bits per heavy atom. The summed E-state index contributed by atoms with van der Waals surface area (Å²) in [5.41, 5.74) is 3.06. The number of nitrogens with zero attached hydrogens (tertiary/aromatic N) is 1. The molecular formula is C23H20ClN3O4. The van der Waals surface area contributed by atoms with Gasteiger partial charge >= 0.3 is 0 Å². The molecule has 1 amide bonds. The topological polar surface area (TPSA) is 107 Å². The zero-order valence-electron chi connectivity index (χ0n) is 16.4. The van der Waals surface area contributed by atoms with Crippen molar-refractivity contribution in [3.63, 3.8) is 0 Å². The number of nitrogens with one attached hydrogen (secondary N) is 2. The number of imidazole rings is 1. The van der Waals surface area contributed by atoms with Crippen LogP contribution >= 0.6 is 11.6 Å². The molecule has 31 heavy (non-hydrogen) atoms. The molecule has 8 heteroatoms. The Labute approximate surface area is 183 Å². The van der Waals surface area contributed by atoms with Gasteiger partial charge in [0, 0.05) is 22.3 Å². The zero-order chi connectivity index (χ0) is 21.8. The van der Waals surface area contributed by atoms with Crippen LogP contribution < -0.4 is 10.1 Å². The smallest absolute Gasteiger partial charge is 0.257 e. The molecule has 4 aromatic rings. The van der Waals surface area contributed by atoms with Crippen molar-refractivity contribution in [3.05, 3.63) is 77.3 Å². The van der Waals surface area contributed by atoms with Gasteiger partial charge in [-0.3, -0.25) is 4.79 Å². The Morgan fingerprint density at radius 2 is 1.94 bits per heavy atom. The summed E-state index contributed by atoms with van der Waals surface area (Å²) < 4.78 is 5.43. The number of anilines is 1. The van der Waals surface area contributed by atoms with Gasteiger partial charge < -0.3 is 25.3 Å². The Hall–Kier alpha value is -3.39. The first-order valence-corrected chi connectivity index (χ1v) is 9.99. The maximum absolute atomic E-state index is 13.0. The van der Waals surface area contributed by atoms with E-state index in [1.807, 2.05) is 18.2 Å². The van der Waals surface area contributed by atoms with Crippen LogP contribution in [-0.2, 0) is 0 Å². The number of aliphatic hydroxyl groups is 2. The third-order valence-electron chi connectivity index (χ3n) is 4.60. The summed E-state index contributed by atoms with van der Waals surface area (Å²) >= 11 is 6.08. The van der Waals surface area contributed by atoms with Gasteiger partial charge in [0.2, 0.25) is 0 Å². The minimum atomic E-state index is -0.968. The van der Waals surface area contributed by atoms with Crippen LogP contribution in [0.3, 0.4) is 0 Å². The van der Waals surface area contributed by atoms with E-state index in [1.54, 1.807) is 48.5 Å². The molecule has 0 radical (unpaired) electrons. The number of hydrogen-bond acceptors (Lipinski definition) is 5. The standard InChI is InChI=1S/C23H20ClN3O4/c24-15-5-1-4-14(10-15)22-26-20-9-3-8-19(21(20)27-22)23(30)25-16-6-2-7-18(11-16)31-13-17(29)12-28/h1-11,17,28-29H,12-13H2,(H,25,30)(H,26,27)/t17-/m1/s1. The predicted molar refractivity (Wildman–Crippen MR) is 120 cm³/mol. The van der Waals surface area contributed by atoms with E-state index in [-0.39, 0.29) is 19.1 Å². The first kappa shape index (κ1) is 20.9. The number of aliphatic hydroxyl groups excluding tert-OH is 2. The van der Waals surface area contributed by atoms with Gasteiger partial charge in [0.05, 0.1) is 17.7 Å². The number of para-hydroxylation sites is 1. The van der Waals surface area contributed by atoms with Crippen LogP contribution in [0.2, 0.25) is 5.02 Å². The minimum absolute atomic E-state index is 0.0489. The van der Waals surface area contributed by atoms with Crippen molar-refractivity contribution in [3.8, 4) is 17.1 Å². The van der Waals surface area contributed by atoms with Gasteiger partial charge in [0.25, 0.3) is 5.91 Å². The molecule has 0 fully saturated rings. The maximum Gasteiger partial charge on any atom is 0.257 e. The highest BCUT2D eigenvalue weighted by molar-refractivity contribution is 6.30. The van der Waals surface area contributed by atoms with Crippen LogP contribution in [0, 0.1) is 0 Å². The van der Waals surface area contributed by atoms with E-state index in [2.05, 4.69) is 15.3 Å². The lowest BCUT2D eigenvalue weighted by molar-refractivity contribution is 0.0536. The number of benzene rings is 3. The third-order valence-corrected chi connectivity index (χ3v) is 4.84. The number of fused-ring (bicyclic) bond motifs is 1. The van der Waals surface area contributed by atoms with Gasteiger partial charge in [-0.15, -0.1) is 0 Å². The molecular weight excluding hydrogens is 418 g/mol. The molecule has 1 atom stereocenters. The number of aromatic amines is 1. The molecule has 0 aliphatic carbocycles. The molecule has 4 rings (SSSR count). The molecule has 0 saturated heterocycles. The molecule has 1 aromatic heterocycles. The largest absolute Gasteiger partial charge is 0.491 e. The molecule has 0 aliphatic rings. The second-order valence-corrected chi connectivity index (χ2v) is 7.36. The lowest BCUT2D eigenvalue weighted by atomic mass is 10.1. The average molecular weight is 438 g/mol. The second kappa shape index (κ2) is 9.18. The Bertz CT molecular complexity index is 1220. The Kier molecular flexibility index (Phi) is 6.18. The van der Waals surface area contributed by atoms with E-state index < -0.39 is 6.10 Å². The number of H-pyrrole nitrogens is 1. The van der Waals surface area contributed by atoms with Crippen LogP contribution in [0.1, 0.15) is 10.4 Å². The SMILES string of the molecule is O=C(Nc1cccc(OC[C@H](O)CO)c1)c1cccc2[nH]c(-c3cccc(Cl)c3)nc12. The molecule has 1 heterocycles. The van der Waals surface area contributed by atoms with Crippen molar-refractivity contribution < 1.29 is 19.7 Å². The number of halogens is 1. The summed E-state index contributed by atoms with van der Waals surface area (Å²) in [5, 5.41) is 21.8. The summed E-state index contributed by atoms with van der Waals surface area (Å²) in [6.07, 6.45) is -0.968. The van der Waals surface area contributed by atoms with Crippen LogP contribution in [0.25, 0.3) is 22.4 Å².